The van der Waals surface area contributed by atoms with E-state index in [2.05, 4.69) is 15.2 Å². The van der Waals surface area contributed by atoms with E-state index in [4.69, 9.17) is 0 Å². The van der Waals surface area contributed by atoms with Crippen molar-refractivity contribution in [1.82, 2.24) is 15.2 Å². The number of rotatable bonds is 3. The van der Waals surface area contributed by atoms with E-state index < -0.39 is 0 Å². The van der Waals surface area contributed by atoms with Crippen LogP contribution >= 0.6 is 11.3 Å². The molecule has 2 heterocycles. The van der Waals surface area contributed by atoms with Crippen LogP contribution in [0.15, 0.2) is 5.38 Å². The van der Waals surface area contributed by atoms with Gasteiger partial charge in [-0.15, -0.1) is 11.3 Å². The minimum atomic E-state index is 0.0820. The Morgan fingerprint density at radius 2 is 2.44 bits per heavy atom. The fourth-order valence-electron chi connectivity index (χ4n) is 2.05. The highest BCUT2D eigenvalue weighted by molar-refractivity contribution is 7.09. The molecular weight excluding hydrogens is 222 g/mol. The molecule has 1 fully saturated rings. The van der Waals surface area contributed by atoms with E-state index in [-0.39, 0.29) is 12.6 Å². The Kier molecular flexibility index (Phi) is 4.29. The van der Waals surface area contributed by atoms with Crippen LogP contribution in [0.25, 0.3) is 0 Å². The van der Waals surface area contributed by atoms with Gasteiger partial charge in [-0.3, -0.25) is 4.90 Å². The van der Waals surface area contributed by atoms with Crippen LogP contribution in [0.2, 0.25) is 0 Å². The molecule has 0 amide bonds. The van der Waals surface area contributed by atoms with Gasteiger partial charge in [0.2, 0.25) is 0 Å². The molecule has 1 aromatic rings. The summed E-state index contributed by atoms with van der Waals surface area (Å²) in [5, 5.41) is 16.0. The lowest BCUT2D eigenvalue weighted by molar-refractivity contribution is 0.129. The Labute approximate surface area is 100 Å². The molecule has 1 aliphatic heterocycles. The van der Waals surface area contributed by atoms with Gasteiger partial charge >= 0.3 is 0 Å². The van der Waals surface area contributed by atoms with Crippen molar-refractivity contribution in [3.8, 4) is 0 Å². The van der Waals surface area contributed by atoms with E-state index >= 15 is 0 Å². The van der Waals surface area contributed by atoms with Gasteiger partial charge in [0.15, 0.2) is 0 Å². The van der Waals surface area contributed by atoms with Gasteiger partial charge in [0.05, 0.1) is 12.6 Å². The molecule has 1 unspecified atom stereocenters. The van der Waals surface area contributed by atoms with Crippen LogP contribution in [-0.4, -0.2) is 47.8 Å². The molecule has 1 aromatic heterocycles. The van der Waals surface area contributed by atoms with Crippen LogP contribution in [0.3, 0.4) is 0 Å². The van der Waals surface area contributed by atoms with Crippen molar-refractivity contribution in [1.29, 1.82) is 0 Å². The largest absolute Gasteiger partial charge is 0.394 e. The summed E-state index contributed by atoms with van der Waals surface area (Å²) in [6.07, 6.45) is 1.14. The molecule has 16 heavy (non-hydrogen) atoms. The van der Waals surface area contributed by atoms with Crippen molar-refractivity contribution in [2.45, 2.75) is 19.4 Å². The normalized spacial score (nSPS) is 20.6. The molecule has 0 bridgehead atoms. The zero-order chi connectivity index (χ0) is 11.4. The highest BCUT2D eigenvalue weighted by Gasteiger charge is 2.22. The summed E-state index contributed by atoms with van der Waals surface area (Å²) < 4.78 is 0. The lowest BCUT2D eigenvalue weighted by Gasteiger charge is -2.27. The van der Waals surface area contributed by atoms with Crippen LogP contribution in [0.1, 0.15) is 23.2 Å². The Bertz CT molecular complexity index is 321. The lowest BCUT2D eigenvalue weighted by Crippen LogP contribution is -2.34. The zero-order valence-electron chi connectivity index (χ0n) is 9.65. The van der Waals surface area contributed by atoms with Crippen molar-refractivity contribution >= 4 is 11.3 Å². The van der Waals surface area contributed by atoms with E-state index in [0.717, 1.165) is 43.3 Å². The number of aliphatic hydroxyl groups excluding tert-OH is 1. The molecule has 0 radical (unpaired) electrons. The summed E-state index contributed by atoms with van der Waals surface area (Å²) in [4.78, 5) is 6.82. The number of aliphatic hydroxyl groups is 1. The average molecular weight is 241 g/mol. The molecule has 1 atom stereocenters. The maximum Gasteiger partial charge on any atom is 0.112 e. The summed E-state index contributed by atoms with van der Waals surface area (Å²) in [7, 11) is 0. The molecule has 0 aliphatic carbocycles. The fraction of sp³-hybridized carbons (Fsp3) is 0.727. The van der Waals surface area contributed by atoms with Gasteiger partial charge in [0.1, 0.15) is 5.01 Å². The van der Waals surface area contributed by atoms with Crippen molar-refractivity contribution in [3.63, 3.8) is 0 Å². The molecule has 90 valence electrons. The Morgan fingerprint density at radius 1 is 1.56 bits per heavy atom. The van der Waals surface area contributed by atoms with Crippen LogP contribution in [0.4, 0.5) is 0 Å². The molecule has 2 N–H and O–H groups in total. The second kappa shape index (κ2) is 5.72. The molecule has 5 heteroatoms. The third kappa shape index (κ3) is 2.79. The molecule has 0 aromatic carbocycles. The quantitative estimate of drug-likeness (QED) is 0.821. The molecule has 1 aliphatic rings. The topological polar surface area (TPSA) is 48.4 Å². The zero-order valence-corrected chi connectivity index (χ0v) is 10.5. The number of aryl methyl sites for hydroxylation is 1. The fourth-order valence-corrected chi connectivity index (χ4v) is 2.97. The minimum absolute atomic E-state index is 0.0820. The first-order valence-electron chi connectivity index (χ1n) is 5.79. The molecular formula is C11H19N3OS. The number of nitrogens with one attached hydrogen (secondary N) is 1. The Balaban J connectivity index is 2.08. The van der Waals surface area contributed by atoms with Gasteiger partial charge in [-0.1, -0.05) is 0 Å². The maximum absolute atomic E-state index is 9.54. The van der Waals surface area contributed by atoms with E-state index in [1.165, 1.54) is 0 Å². The van der Waals surface area contributed by atoms with E-state index in [0.29, 0.717) is 0 Å². The Hall–Kier alpha value is -0.490. The summed E-state index contributed by atoms with van der Waals surface area (Å²) in [6.45, 7) is 6.26. The Morgan fingerprint density at radius 3 is 3.12 bits per heavy atom. The minimum Gasteiger partial charge on any atom is -0.394 e. The first-order valence-corrected chi connectivity index (χ1v) is 6.67. The third-order valence-electron chi connectivity index (χ3n) is 2.91. The average Bonchev–Trinajstić information content (AvgIpc) is 2.55. The standard InChI is InChI=1S/C11H19N3OS/c1-9-8-16-11(13-9)10(7-15)14-5-2-3-12-4-6-14/h8,10,12,15H,2-7H2,1H3. The number of hydrogen-bond donors (Lipinski definition) is 2. The highest BCUT2D eigenvalue weighted by Crippen LogP contribution is 2.24. The number of hydrogen-bond acceptors (Lipinski definition) is 5. The summed E-state index contributed by atoms with van der Waals surface area (Å²) in [5.41, 5.74) is 1.05. The second-order valence-corrected chi connectivity index (χ2v) is 5.05. The maximum atomic E-state index is 9.54. The van der Waals surface area contributed by atoms with Crippen LogP contribution in [-0.2, 0) is 0 Å². The third-order valence-corrected chi connectivity index (χ3v) is 3.97. The van der Waals surface area contributed by atoms with Crippen molar-refractivity contribution in [3.05, 3.63) is 16.1 Å². The van der Waals surface area contributed by atoms with Crippen LogP contribution in [0, 0.1) is 6.92 Å². The molecule has 0 spiro atoms. The first-order chi connectivity index (χ1) is 7.81. The van der Waals surface area contributed by atoms with Crippen molar-refractivity contribution < 1.29 is 5.11 Å². The van der Waals surface area contributed by atoms with Gasteiger partial charge in [-0.05, 0) is 19.9 Å². The smallest absolute Gasteiger partial charge is 0.112 e. The van der Waals surface area contributed by atoms with Gasteiger partial charge in [0, 0.05) is 30.7 Å². The highest BCUT2D eigenvalue weighted by atomic mass is 32.1. The van der Waals surface area contributed by atoms with E-state index in [1.807, 2.05) is 12.3 Å². The second-order valence-electron chi connectivity index (χ2n) is 4.17. The molecule has 2 rings (SSSR count). The summed E-state index contributed by atoms with van der Waals surface area (Å²) in [6, 6.07) is 0.0820. The van der Waals surface area contributed by atoms with Crippen molar-refractivity contribution in [2.75, 3.05) is 32.8 Å². The van der Waals surface area contributed by atoms with Gasteiger partial charge in [-0.25, -0.2) is 4.98 Å². The summed E-state index contributed by atoms with van der Waals surface area (Å²) >= 11 is 1.65. The molecule has 1 saturated heterocycles. The van der Waals surface area contributed by atoms with Gasteiger partial charge in [0.25, 0.3) is 0 Å². The summed E-state index contributed by atoms with van der Waals surface area (Å²) in [5.74, 6) is 0. The van der Waals surface area contributed by atoms with Gasteiger partial charge in [-0.2, -0.15) is 0 Å². The SMILES string of the molecule is Cc1csc(C(CO)N2CCCNCC2)n1. The predicted molar refractivity (Wildman–Crippen MR) is 65.7 cm³/mol. The van der Waals surface area contributed by atoms with Gasteiger partial charge < -0.3 is 10.4 Å². The predicted octanol–water partition coefficient (Wildman–Crippen LogP) is 0.780. The lowest BCUT2D eigenvalue weighted by atomic mass is 10.2. The molecule has 0 saturated carbocycles. The van der Waals surface area contributed by atoms with Crippen LogP contribution in [0.5, 0.6) is 0 Å². The van der Waals surface area contributed by atoms with E-state index in [1.54, 1.807) is 11.3 Å². The molecule has 4 nitrogen and oxygen atoms in total. The number of nitrogens with zero attached hydrogens (tertiary/aromatic N) is 2. The first kappa shape index (κ1) is 12.0. The van der Waals surface area contributed by atoms with Crippen LogP contribution < -0.4 is 5.32 Å². The number of aromatic nitrogens is 1. The van der Waals surface area contributed by atoms with Crippen molar-refractivity contribution in [2.24, 2.45) is 0 Å². The monoisotopic (exact) mass is 241 g/mol. The number of thiazole rings is 1. The van der Waals surface area contributed by atoms with E-state index in [9.17, 15) is 5.11 Å².